The molecule has 1 heterocycles. The summed E-state index contributed by atoms with van der Waals surface area (Å²) >= 11 is 5.53. The molecule has 0 aliphatic carbocycles. The van der Waals surface area contributed by atoms with Crippen LogP contribution in [0.15, 0.2) is 18.2 Å². The predicted octanol–water partition coefficient (Wildman–Crippen LogP) is 1.97. The zero-order chi connectivity index (χ0) is 16.5. The first kappa shape index (κ1) is 17.2. The minimum Gasteiger partial charge on any atom is -0.331 e. The molecule has 0 amide bonds. The van der Waals surface area contributed by atoms with Crippen molar-refractivity contribution in [1.82, 2.24) is 10.0 Å². The summed E-state index contributed by atoms with van der Waals surface area (Å²) in [7, 11) is 0.803. The van der Waals surface area contributed by atoms with Gasteiger partial charge in [-0.05, 0) is 49.7 Å². The molecule has 0 aromatic heterocycles. The smallest absolute Gasteiger partial charge is 0.188 e. The van der Waals surface area contributed by atoms with Gasteiger partial charge in [-0.25, -0.2) is 13.4 Å². The fourth-order valence-electron chi connectivity index (χ4n) is 2.69. The summed E-state index contributed by atoms with van der Waals surface area (Å²) < 4.78 is 23.5. The fraction of sp³-hybridized carbons (Fsp3) is 0.533. The lowest BCUT2D eigenvalue weighted by atomic mass is 10.1. The molecule has 0 saturated carbocycles. The Hall–Kier alpha value is -1.18. The molecule has 1 aliphatic heterocycles. The van der Waals surface area contributed by atoms with Gasteiger partial charge in [-0.3, -0.25) is 5.01 Å². The third-order valence-corrected chi connectivity index (χ3v) is 5.87. The van der Waals surface area contributed by atoms with Gasteiger partial charge in [0.1, 0.15) is 0 Å². The number of hydrazine groups is 1. The minimum absolute atomic E-state index is 0.106. The topological polar surface area (TPSA) is 52.7 Å². The zero-order valence-electron chi connectivity index (χ0n) is 13.5. The Labute approximate surface area is 138 Å². The van der Waals surface area contributed by atoms with Gasteiger partial charge >= 0.3 is 0 Å². The number of benzene rings is 1. The van der Waals surface area contributed by atoms with Gasteiger partial charge in [-0.15, -0.1) is 0 Å². The summed E-state index contributed by atoms with van der Waals surface area (Å²) in [5.41, 5.74) is 3.21. The number of rotatable bonds is 3. The monoisotopic (exact) mass is 341 g/mol. The third kappa shape index (κ3) is 3.97. The summed E-state index contributed by atoms with van der Waals surface area (Å²) in [6.45, 7) is 4.05. The van der Waals surface area contributed by atoms with Crippen molar-refractivity contribution < 1.29 is 8.42 Å². The molecule has 1 atom stereocenters. The number of nitrogens with one attached hydrogen (secondary N) is 1. The molecular formula is C15H23N3O2S2. The Morgan fingerprint density at radius 2 is 2.00 bits per heavy atom. The summed E-state index contributed by atoms with van der Waals surface area (Å²) in [6.07, 6.45) is 0.606. The molecule has 5 nitrogen and oxygen atoms in total. The summed E-state index contributed by atoms with van der Waals surface area (Å²) in [4.78, 5) is 0. The highest BCUT2D eigenvalue weighted by Gasteiger charge is 2.34. The maximum absolute atomic E-state index is 11.7. The zero-order valence-corrected chi connectivity index (χ0v) is 15.1. The van der Waals surface area contributed by atoms with Crippen LogP contribution in [0.4, 0.5) is 5.69 Å². The average Bonchev–Trinajstić information content (AvgIpc) is 2.73. The van der Waals surface area contributed by atoms with Crippen LogP contribution < -0.4 is 5.32 Å². The van der Waals surface area contributed by atoms with E-state index < -0.39 is 9.84 Å². The van der Waals surface area contributed by atoms with Gasteiger partial charge in [0.25, 0.3) is 0 Å². The molecule has 1 aromatic rings. The van der Waals surface area contributed by atoms with Crippen LogP contribution >= 0.6 is 12.2 Å². The maximum atomic E-state index is 11.7. The molecule has 1 aromatic carbocycles. The van der Waals surface area contributed by atoms with E-state index in [1.807, 2.05) is 50.1 Å². The van der Waals surface area contributed by atoms with E-state index in [0.29, 0.717) is 11.5 Å². The molecule has 1 saturated heterocycles. The third-order valence-electron chi connectivity index (χ3n) is 3.83. The van der Waals surface area contributed by atoms with Crippen molar-refractivity contribution in [3.05, 3.63) is 29.3 Å². The number of aryl methyl sites for hydroxylation is 2. The van der Waals surface area contributed by atoms with E-state index in [4.69, 9.17) is 12.2 Å². The van der Waals surface area contributed by atoms with Crippen LogP contribution in [0.5, 0.6) is 0 Å². The molecule has 22 heavy (non-hydrogen) atoms. The van der Waals surface area contributed by atoms with Gasteiger partial charge in [0.05, 0.1) is 17.5 Å². The quantitative estimate of drug-likeness (QED) is 0.670. The second-order valence-corrected chi connectivity index (χ2v) is 8.61. The van der Waals surface area contributed by atoms with Crippen molar-refractivity contribution in [2.75, 3.05) is 30.9 Å². The highest BCUT2D eigenvalue weighted by molar-refractivity contribution is 7.91. The highest BCUT2D eigenvalue weighted by Crippen LogP contribution is 2.22. The van der Waals surface area contributed by atoms with Gasteiger partial charge in [0, 0.05) is 19.8 Å². The Balaban J connectivity index is 2.19. The van der Waals surface area contributed by atoms with Crippen LogP contribution in [0.2, 0.25) is 0 Å². The van der Waals surface area contributed by atoms with Crippen molar-refractivity contribution in [2.24, 2.45) is 0 Å². The SMILES string of the molecule is Cc1ccc(C)c(NC(=S)N([C@H]2CCS(=O)(=O)C2)N(C)C)c1. The van der Waals surface area contributed by atoms with Gasteiger partial charge in [-0.2, -0.15) is 0 Å². The van der Waals surface area contributed by atoms with Crippen molar-refractivity contribution >= 4 is 32.9 Å². The molecule has 7 heteroatoms. The predicted molar refractivity (Wildman–Crippen MR) is 94.7 cm³/mol. The summed E-state index contributed by atoms with van der Waals surface area (Å²) in [6, 6.07) is 6.03. The van der Waals surface area contributed by atoms with E-state index in [2.05, 4.69) is 11.4 Å². The Morgan fingerprint density at radius 1 is 1.32 bits per heavy atom. The van der Waals surface area contributed by atoms with Crippen LogP contribution in [0.1, 0.15) is 17.5 Å². The second-order valence-electron chi connectivity index (χ2n) is 6.00. The van der Waals surface area contributed by atoms with E-state index in [-0.39, 0.29) is 17.5 Å². The van der Waals surface area contributed by atoms with E-state index in [0.717, 1.165) is 16.8 Å². The number of thiocarbonyl (C=S) groups is 1. The molecule has 2 rings (SSSR count). The van der Waals surface area contributed by atoms with Crippen LogP contribution in [0.3, 0.4) is 0 Å². The van der Waals surface area contributed by atoms with E-state index in [9.17, 15) is 8.42 Å². The molecule has 122 valence electrons. The first-order valence-corrected chi connectivity index (χ1v) is 9.48. The number of sulfone groups is 1. The lowest BCUT2D eigenvalue weighted by Gasteiger charge is -2.36. The van der Waals surface area contributed by atoms with E-state index >= 15 is 0 Å². The van der Waals surface area contributed by atoms with Gasteiger partial charge < -0.3 is 5.32 Å². The Bertz CT molecular complexity index is 671. The Morgan fingerprint density at radius 3 is 2.55 bits per heavy atom. The average molecular weight is 342 g/mol. The van der Waals surface area contributed by atoms with Crippen LogP contribution in [0, 0.1) is 13.8 Å². The fourth-order valence-corrected chi connectivity index (χ4v) is 4.80. The van der Waals surface area contributed by atoms with Crippen molar-refractivity contribution in [2.45, 2.75) is 26.3 Å². The first-order chi connectivity index (χ1) is 10.2. The van der Waals surface area contributed by atoms with E-state index in [1.165, 1.54) is 0 Å². The first-order valence-electron chi connectivity index (χ1n) is 7.25. The largest absolute Gasteiger partial charge is 0.331 e. The van der Waals surface area contributed by atoms with Crippen molar-refractivity contribution in [3.8, 4) is 0 Å². The number of nitrogens with zero attached hydrogens (tertiary/aromatic N) is 2. The lowest BCUT2D eigenvalue weighted by Crippen LogP contribution is -2.51. The molecule has 0 unspecified atom stereocenters. The van der Waals surface area contributed by atoms with E-state index in [1.54, 1.807) is 0 Å². The summed E-state index contributed by atoms with van der Waals surface area (Å²) in [5, 5.41) is 7.50. The number of hydrogen-bond acceptors (Lipinski definition) is 4. The number of anilines is 1. The maximum Gasteiger partial charge on any atom is 0.188 e. The molecule has 0 bridgehead atoms. The molecule has 1 aliphatic rings. The Kier molecular flexibility index (Phi) is 5.09. The number of hydrogen-bond donors (Lipinski definition) is 1. The van der Waals surface area contributed by atoms with Crippen molar-refractivity contribution in [3.63, 3.8) is 0 Å². The van der Waals surface area contributed by atoms with Crippen molar-refractivity contribution in [1.29, 1.82) is 0 Å². The van der Waals surface area contributed by atoms with Crippen LogP contribution in [0.25, 0.3) is 0 Å². The molecule has 1 N–H and O–H groups in total. The van der Waals surface area contributed by atoms with Gasteiger partial charge in [0.2, 0.25) is 0 Å². The van der Waals surface area contributed by atoms with Crippen LogP contribution in [-0.4, -0.2) is 55.2 Å². The minimum atomic E-state index is -2.95. The normalized spacial score (nSPS) is 20.1. The molecule has 1 fully saturated rings. The molecule has 0 radical (unpaired) electrons. The van der Waals surface area contributed by atoms with Crippen LogP contribution in [-0.2, 0) is 9.84 Å². The summed E-state index contributed by atoms with van der Waals surface area (Å²) in [5.74, 6) is 0.383. The molecule has 0 spiro atoms. The highest BCUT2D eigenvalue weighted by atomic mass is 32.2. The molecular weight excluding hydrogens is 318 g/mol. The van der Waals surface area contributed by atoms with Gasteiger partial charge in [-0.1, -0.05) is 12.1 Å². The lowest BCUT2D eigenvalue weighted by molar-refractivity contribution is 0.0757. The standard InChI is InChI=1S/C15H23N3O2S2/c1-11-5-6-12(2)14(9-11)16-15(21)18(17(3)4)13-7-8-22(19,20)10-13/h5-6,9,13H,7-8,10H2,1-4H3,(H,16,21)/t13-/m0/s1. The second kappa shape index (κ2) is 6.52. The van der Waals surface area contributed by atoms with Gasteiger partial charge in [0.15, 0.2) is 14.9 Å².